The van der Waals surface area contributed by atoms with Crippen molar-refractivity contribution in [1.82, 2.24) is 4.98 Å². The van der Waals surface area contributed by atoms with E-state index in [9.17, 15) is 0 Å². The lowest BCUT2D eigenvalue weighted by Crippen LogP contribution is -2.18. The van der Waals surface area contributed by atoms with E-state index in [0.29, 0.717) is 0 Å². The van der Waals surface area contributed by atoms with Gasteiger partial charge in [-0.05, 0) is 157 Å². The minimum atomic E-state index is -0.292. The highest BCUT2D eigenvalue weighted by Gasteiger charge is 2.44. The molecule has 14 rings (SSSR count). The van der Waals surface area contributed by atoms with E-state index in [0.717, 1.165) is 55.9 Å². The van der Waals surface area contributed by atoms with Crippen LogP contribution in [0.5, 0.6) is 0 Å². The first kappa shape index (κ1) is 37.7. The summed E-state index contributed by atoms with van der Waals surface area (Å²) in [4.78, 5) is 6.79. The van der Waals surface area contributed by atoms with Crippen molar-refractivity contribution >= 4 is 60.9 Å². The first-order valence-corrected chi connectivity index (χ1v) is 23.2. The molecule has 0 radical (unpaired) electrons. The molecule has 4 nitrogen and oxygen atoms in total. The second kappa shape index (κ2) is 12.8. The molecule has 0 aliphatic heterocycles. The van der Waals surface area contributed by atoms with Crippen LogP contribution in [0.25, 0.3) is 88.4 Å². The van der Waals surface area contributed by atoms with E-state index in [1.165, 1.54) is 82.9 Å². The zero-order chi connectivity index (χ0) is 44.4. The number of pyridine rings is 1. The monoisotopic (exact) mass is 850 g/mol. The zero-order valence-corrected chi connectivity index (χ0v) is 37.9. The molecule has 8 aromatic carbocycles. The van der Waals surface area contributed by atoms with Gasteiger partial charge in [0.15, 0.2) is 0 Å². The van der Waals surface area contributed by atoms with Gasteiger partial charge in [-0.3, -0.25) is 4.98 Å². The van der Waals surface area contributed by atoms with Crippen molar-refractivity contribution in [2.45, 2.75) is 57.8 Å². The standard InChI is InChI=1S/C62H46N2O2/c1-60(2)46-24-25-54-57(41-16-10-12-18-52(41)65-54)56(46)45-34-49-44(33-50(45)60)39-22-20-37(30-47(39)61(49,3)4)64(36-14-8-7-9-15-36)38-21-23-40-48(31-38)62(5,6)51-32-43(35-26-28-63-29-27-35)59-58(55(40)51)42-17-11-13-19-53(42)66-59/h7-34H,1-6H3. The lowest BCUT2D eigenvalue weighted by Gasteiger charge is -2.29. The molecule has 0 spiro atoms. The normalized spacial score (nSPS) is 15.5. The quantitative estimate of drug-likeness (QED) is 0.177. The molecule has 0 bridgehead atoms. The van der Waals surface area contributed by atoms with Gasteiger partial charge in [0.2, 0.25) is 0 Å². The van der Waals surface area contributed by atoms with Crippen LogP contribution in [0.3, 0.4) is 0 Å². The molecule has 0 saturated carbocycles. The number of benzene rings is 8. The van der Waals surface area contributed by atoms with E-state index in [-0.39, 0.29) is 16.2 Å². The lowest BCUT2D eigenvalue weighted by molar-refractivity contribution is 0.651. The molecule has 316 valence electrons. The number of rotatable bonds is 4. The molecule has 0 unspecified atom stereocenters. The molecular formula is C62H46N2O2. The van der Waals surface area contributed by atoms with Crippen LogP contribution in [0.2, 0.25) is 0 Å². The van der Waals surface area contributed by atoms with Gasteiger partial charge in [-0.2, -0.15) is 0 Å². The van der Waals surface area contributed by atoms with E-state index in [2.05, 4.69) is 209 Å². The van der Waals surface area contributed by atoms with Crippen molar-refractivity contribution < 1.29 is 8.83 Å². The van der Waals surface area contributed by atoms with Crippen LogP contribution >= 0.6 is 0 Å². The lowest BCUT2D eigenvalue weighted by atomic mass is 9.79. The van der Waals surface area contributed by atoms with Crippen molar-refractivity contribution in [1.29, 1.82) is 0 Å². The van der Waals surface area contributed by atoms with E-state index in [4.69, 9.17) is 8.83 Å². The van der Waals surface area contributed by atoms with Crippen LogP contribution < -0.4 is 4.90 Å². The van der Waals surface area contributed by atoms with Crippen molar-refractivity contribution in [3.63, 3.8) is 0 Å². The molecule has 3 aliphatic rings. The molecule has 11 aromatic rings. The summed E-state index contributed by atoms with van der Waals surface area (Å²) in [7, 11) is 0. The number of anilines is 3. The maximum atomic E-state index is 6.75. The van der Waals surface area contributed by atoms with E-state index < -0.39 is 0 Å². The maximum Gasteiger partial charge on any atom is 0.143 e. The third-order valence-corrected chi connectivity index (χ3v) is 15.7. The van der Waals surface area contributed by atoms with Crippen LogP contribution in [0.1, 0.15) is 74.9 Å². The second-order valence-corrected chi connectivity index (χ2v) is 20.3. The van der Waals surface area contributed by atoms with Gasteiger partial charge in [-0.25, -0.2) is 0 Å². The Morgan fingerprint density at radius 2 is 0.924 bits per heavy atom. The summed E-state index contributed by atoms with van der Waals surface area (Å²) in [6.45, 7) is 14.3. The number of hydrogen-bond acceptors (Lipinski definition) is 4. The minimum absolute atomic E-state index is 0.165. The molecule has 0 fully saturated rings. The summed E-state index contributed by atoms with van der Waals surface area (Å²) in [5.74, 6) is 0. The number of hydrogen-bond donors (Lipinski definition) is 0. The molecule has 0 saturated heterocycles. The Morgan fingerprint density at radius 1 is 0.379 bits per heavy atom. The smallest absolute Gasteiger partial charge is 0.143 e. The Balaban J connectivity index is 0.927. The van der Waals surface area contributed by atoms with E-state index >= 15 is 0 Å². The molecule has 0 amide bonds. The van der Waals surface area contributed by atoms with Gasteiger partial charge in [0.05, 0.1) is 0 Å². The van der Waals surface area contributed by atoms with Crippen LogP contribution in [0, 0.1) is 0 Å². The molecule has 4 heteroatoms. The fraction of sp³-hybridized carbons (Fsp3) is 0.145. The Bertz CT molecular complexity index is 3900. The highest BCUT2D eigenvalue weighted by Crippen LogP contribution is 2.60. The number of para-hydroxylation sites is 3. The molecule has 0 N–H and O–H groups in total. The fourth-order valence-electron chi connectivity index (χ4n) is 12.4. The molecule has 3 heterocycles. The van der Waals surface area contributed by atoms with Gasteiger partial charge in [0.25, 0.3) is 0 Å². The predicted octanol–water partition coefficient (Wildman–Crippen LogP) is 16.9. The number of nitrogens with zero attached hydrogens (tertiary/aromatic N) is 2. The molecule has 66 heavy (non-hydrogen) atoms. The Morgan fingerprint density at radius 3 is 1.67 bits per heavy atom. The van der Waals surface area contributed by atoms with E-state index in [1.54, 1.807) is 0 Å². The SMILES string of the molecule is CC1(C)c2cc(N(c3ccccc3)c3ccc4c(c3)C(C)(C)c3cc(-c5ccncc5)c5oc6ccccc6c5c3-4)ccc2-c2cc3c(cc21)-c1c(ccc2oc4ccccc4c12)C3(C)C. The van der Waals surface area contributed by atoms with Gasteiger partial charge in [0, 0.05) is 72.8 Å². The van der Waals surface area contributed by atoms with Crippen LogP contribution in [0.4, 0.5) is 17.1 Å². The minimum Gasteiger partial charge on any atom is -0.456 e. The van der Waals surface area contributed by atoms with Gasteiger partial charge in [-0.15, -0.1) is 0 Å². The van der Waals surface area contributed by atoms with Gasteiger partial charge in [0.1, 0.15) is 22.3 Å². The average Bonchev–Trinajstić information content (AvgIpc) is 4.08. The van der Waals surface area contributed by atoms with Crippen molar-refractivity contribution in [3.05, 3.63) is 203 Å². The summed E-state index contributed by atoms with van der Waals surface area (Å²) < 4.78 is 13.2. The highest BCUT2D eigenvalue weighted by molar-refractivity contribution is 6.19. The van der Waals surface area contributed by atoms with Crippen molar-refractivity contribution in [3.8, 4) is 44.5 Å². The summed E-state index contributed by atoms with van der Waals surface area (Å²) in [5.41, 5.74) is 24.5. The predicted molar refractivity (Wildman–Crippen MR) is 272 cm³/mol. The summed E-state index contributed by atoms with van der Waals surface area (Å²) in [5, 5.41) is 4.72. The summed E-state index contributed by atoms with van der Waals surface area (Å²) in [6.07, 6.45) is 3.73. The van der Waals surface area contributed by atoms with Crippen LogP contribution in [-0.2, 0) is 16.2 Å². The Hall–Kier alpha value is -7.69. The first-order chi connectivity index (χ1) is 32.0. The van der Waals surface area contributed by atoms with Gasteiger partial charge in [-0.1, -0.05) is 114 Å². The Labute approximate surface area is 383 Å². The van der Waals surface area contributed by atoms with Crippen molar-refractivity contribution in [2.24, 2.45) is 0 Å². The first-order valence-electron chi connectivity index (χ1n) is 23.2. The van der Waals surface area contributed by atoms with Gasteiger partial charge < -0.3 is 13.7 Å². The Kier molecular flexibility index (Phi) is 7.28. The number of fused-ring (bicyclic) bond motifs is 17. The topological polar surface area (TPSA) is 42.4 Å². The van der Waals surface area contributed by atoms with Crippen LogP contribution in [-0.4, -0.2) is 4.98 Å². The van der Waals surface area contributed by atoms with Crippen molar-refractivity contribution in [2.75, 3.05) is 4.90 Å². The maximum absolute atomic E-state index is 6.75. The fourth-order valence-corrected chi connectivity index (χ4v) is 12.4. The van der Waals surface area contributed by atoms with E-state index in [1.807, 2.05) is 12.4 Å². The third kappa shape index (κ3) is 4.81. The highest BCUT2D eigenvalue weighted by atomic mass is 16.3. The second-order valence-electron chi connectivity index (χ2n) is 20.3. The number of furan rings is 2. The van der Waals surface area contributed by atoms with Gasteiger partial charge >= 0.3 is 0 Å². The number of aromatic nitrogens is 1. The molecule has 0 atom stereocenters. The molecule has 3 aliphatic carbocycles. The average molecular weight is 851 g/mol. The third-order valence-electron chi connectivity index (χ3n) is 15.7. The molecule has 3 aromatic heterocycles. The summed E-state index contributed by atoms with van der Waals surface area (Å²) >= 11 is 0. The summed E-state index contributed by atoms with van der Waals surface area (Å²) in [6, 6.07) is 58.2. The van der Waals surface area contributed by atoms with Crippen LogP contribution in [0.15, 0.2) is 179 Å². The largest absolute Gasteiger partial charge is 0.456 e. The zero-order valence-electron chi connectivity index (χ0n) is 37.9. The molecular weight excluding hydrogens is 805 g/mol.